The maximum atomic E-state index is 12.7. The molecule has 0 aromatic heterocycles. The molecule has 4 nitrogen and oxygen atoms in total. The summed E-state index contributed by atoms with van der Waals surface area (Å²) in [7, 11) is 0. The van der Waals surface area contributed by atoms with Gasteiger partial charge in [-0.3, -0.25) is 9.59 Å². The molecule has 1 amide bonds. The number of carbonyl (C=O) groups is 2. The van der Waals surface area contributed by atoms with Gasteiger partial charge >= 0.3 is 5.97 Å². The van der Waals surface area contributed by atoms with Gasteiger partial charge in [-0.2, -0.15) is 0 Å². The minimum Gasteiger partial charge on any atom is -0.481 e. The number of aryl methyl sites for hydroxylation is 1. The molecule has 0 saturated heterocycles. The molecule has 23 heavy (non-hydrogen) atoms. The Morgan fingerprint density at radius 3 is 2.39 bits per heavy atom. The van der Waals surface area contributed by atoms with Crippen molar-refractivity contribution in [3.63, 3.8) is 0 Å². The number of rotatable bonds is 5. The Morgan fingerprint density at radius 1 is 1.17 bits per heavy atom. The largest absolute Gasteiger partial charge is 0.481 e. The molecule has 5 heteroatoms. The predicted molar refractivity (Wildman–Crippen MR) is 91.8 cm³/mol. The van der Waals surface area contributed by atoms with Crippen molar-refractivity contribution in [2.75, 3.05) is 5.32 Å². The first kappa shape index (κ1) is 17.5. The van der Waals surface area contributed by atoms with Crippen LogP contribution in [0.1, 0.15) is 37.8 Å². The molecular weight excluding hydrogens is 314 g/mol. The van der Waals surface area contributed by atoms with Gasteiger partial charge in [0.25, 0.3) is 0 Å². The van der Waals surface area contributed by atoms with Crippen molar-refractivity contribution >= 4 is 29.2 Å². The highest BCUT2D eigenvalue weighted by molar-refractivity contribution is 6.32. The molecular formula is C18H22ClNO3. The molecule has 1 aromatic carbocycles. The lowest BCUT2D eigenvalue weighted by atomic mass is 9.82. The predicted octanol–water partition coefficient (Wildman–Crippen LogP) is 4.07. The molecule has 0 radical (unpaired) electrons. The van der Waals surface area contributed by atoms with Gasteiger partial charge in [-0.05, 0) is 42.9 Å². The SMILES string of the molecule is CCc1ccc(Cl)c(CC)c1NC(=O)C1CC=CCC1C(=O)O. The number of allylic oxidation sites excluding steroid dienone is 2. The normalized spacial score (nSPS) is 20.3. The smallest absolute Gasteiger partial charge is 0.307 e. The van der Waals surface area contributed by atoms with Crippen LogP contribution in [-0.2, 0) is 22.4 Å². The van der Waals surface area contributed by atoms with Gasteiger partial charge in [-0.1, -0.05) is 43.7 Å². The zero-order valence-corrected chi connectivity index (χ0v) is 14.2. The fourth-order valence-electron chi connectivity index (χ4n) is 3.06. The molecule has 0 spiro atoms. The van der Waals surface area contributed by atoms with E-state index in [9.17, 15) is 14.7 Å². The number of aliphatic carboxylic acids is 1. The number of carbonyl (C=O) groups excluding carboxylic acids is 1. The average molecular weight is 336 g/mol. The first-order valence-electron chi connectivity index (χ1n) is 7.98. The Morgan fingerprint density at radius 2 is 1.83 bits per heavy atom. The Hall–Kier alpha value is -1.81. The summed E-state index contributed by atoms with van der Waals surface area (Å²) in [6.45, 7) is 4.00. The molecule has 2 N–H and O–H groups in total. The van der Waals surface area contributed by atoms with Crippen LogP contribution in [0.2, 0.25) is 5.02 Å². The highest BCUT2D eigenvalue weighted by Gasteiger charge is 2.34. The zero-order valence-electron chi connectivity index (χ0n) is 13.4. The van der Waals surface area contributed by atoms with Crippen molar-refractivity contribution in [2.24, 2.45) is 11.8 Å². The number of anilines is 1. The lowest BCUT2D eigenvalue weighted by Gasteiger charge is -2.25. The monoisotopic (exact) mass is 335 g/mol. The van der Waals surface area contributed by atoms with Gasteiger partial charge < -0.3 is 10.4 Å². The molecule has 124 valence electrons. The van der Waals surface area contributed by atoms with E-state index >= 15 is 0 Å². The number of benzene rings is 1. The van der Waals surface area contributed by atoms with Crippen LogP contribution in [0, 0.1) is 11.8 Å². The molecule has 2 unspecified atom stereocenters. The van der Waals surface area contributed by atoms with Gasteiger partial charge in [-0.25, -0.2) is 0 Å². The number of amides is 1. The van der Waals surface area contributed by atoms with Crippen molar-refractivity contribution < 1.29 is 14.7 Å². The topological polar surface area (TPSA) is 66.4 Å². The zero-order chi connectivity index (χ0) is 17.0. The Bertz CT molecular complexity index is 639. The maximum Gasteiger partial charge on any atom is 0.307 e. The van der Waals surface area contributed by atoms with Crippen LogP contribution in [0.5, 0.6) is 0 Å². The standard InChI is InChI=1S/C18H22ClNO3/c1-3-11-9-10-15(19)12(4-2)16(11)20-17(21)13-7-5-6-8-14(13)18(22)23/h5-6,9-10,13-14H,3-4,7-8H2,1-2H3,(H,20,21)(H,22,23). The van der Waals surface area contributed by atoms with Gasteiger partial charge in [0.15, 0.2) is 0 Å². The summed E-state index contributed by atoms with van der Waals surface area (Å²) in [6.07, 6.45) is 6.03. The summed E-state index contributed by atoms with van der Waals surface area (Å²) in [5.41, 5.74) is 2.65. The Kier molecular flexibility index (Phi) is 5.83. The van der Waals surface area contributed by atoms with Crippen LogP contribution >= 0.6 is 11.6 Å². The summed E-state index contributed by atoms with van der Waals surface area (Å²) in [5, 5.41) is 12.9. The molecule has 2 atom stereocenters. The number of hydrogen-bond donors (Lipinski definition) is 2. The highest BCUT2D eigenvalue weighted by atomic mass is 35.5. The van der Waals surface area contributed by atoms with Gasteiger partial charge in [0.05, 0.1) is 11.8 Å². The number of carboxylic acids is 1. The Labute approximate surface area is 141 Å². The molecule has 1 aliphatic carbocycles. The average Bonchev–Trinajstić information content (AvgIpc) is 2.55. The molecule has 0 aliphatic heterocycles. The fraction of sp³-hybridized carbons (Fsp3) is 0.444. The summed E-state index contributed by atoms with van der Waals surface area (Å²) in [5.74, 6) is -2.39. The van der Waals surface area contributed by atoms with E-state index in [0.29, 0.717) is 24.3 Å². The van der Waals surface area contributed by atoms with Crippen molar-refractivity contribution in [3.8, 4) is 0 Å². The van der Waals surface area contributed by atoms with Crippen LogP contribution in [0.25, 0.3) is 0 Å². The molecule has 0 heterocycles. The number of halogens is 1. The van der Waals surface area contributed by atoms with Crippen LogP contribution in [0.3, 0.4) is 0 Å². The highest BCUT2D eigenvalue weighted by Crippen LogP contribution is 2.32. The number of nitrogens with one attached hydrogen (secondary N) is 1. The lowest BCUT2D eigenvalue weighted by Crippen LogP contribution is -2.35. The second kappa shape index (κ2) is 7.64. The van der Waals surface area contributed by atoms with Crippen molar-refractivity contribution in [3.05, 3.63) is 40.4 Å². The fourth-order valence-corrected chi connectivity index (χ4v) is 3.35. The van der Waals surface area contributed by atoms with E-state index in [1.807, 2.05) is 38.1 Å². The van der Waals surface area contributed by atoms with Crippen LogP contribution in [0.4, 0.5) is 5.69 Å². The molecule has 2 rings (SSSR count). The summed E-state index contributed by atoms with van der Waals surface area (Å²) < 4.78 is 0. The third-order valence-electron chi connectivity index (χ3n) is 4.41. The summed E-state index contributed by atoms with van der Waals surface area (Å²) in [6, 6.07) is 3.75. The van der Waals surface area contributed by atoms with Crippen molar-refractivity contribution in [2.45, 2.75) is 39.5 Å². The number of hydrogen-bond acceptors (Lipinski definition) is 2. The molecule has 1 aromatic rings. The van der Waals surface area contributed by atoms with E-state index in [-0.39, 0.29) is 5.91 Å². The van der Waals surface area contributed by atoms with Crippen LogP contribution in [-0.4, -0.2) is 17.0 Å². The van der Waals surface area contributed by atoms with E-state index in [1.165, 1.54) is 0 Å². The molecule has 0 saturated carbocycles. The molecule has 1 aliphatic rings. The minimum atomic E-state index is -0.924. The molecule has 0 bridgehead atoms. The second-order valence-corrected chi connectivity index (χ2v) is 6.16. The van der Waals surface area contributed by atoms with Gasteiger partial charge in [0.1, 0.15) is 0 Å². The Balaban J connectivity index is 2.31. The van der Waals surface area contributed by atoms with E-state index in [0.717, 1.165) is 23.2 Å². The second-order valence-electron chi connectivity index (χ2n) is 5.75. The quantitative estimate of drug-likeness (QED) is 0.797. The van der Waals surface area contributed by atoms with Crippen molar-refractivity contribution in [1.82, 2.24) is 0 Å². The van der Waals surface area contributed by atoms with Gasteiger partial charge in [0, 0.05) is 10.7 Å². The first-order chi connectivity index (χ1) is 11.0. The van der Waals surface area contributed by atoms with Gasteiger partial charge in [0.2, 0.25) is 5.91 Å². The minimum absolute atomic E-state index is 0.242. The summed E-state index contributed by atoms with van der Waals surface area (Å²) >= 11 is 6.25. The number of carboxylic acid groups (broad SMARTS) is 1. The first-order valence-corrected chi connectivity index (χ1v) is 8.36. The third kappa shape index (κ3) is 3.75. The van der Waals surface area contributed by atoms with E-state index in [2.05, 4.69) is 5.32 Å². The summed E-state index contributed by atoms with van der Waals surface area (Å²) in [4.78, 5) is 24.1. The van der Waals surface area contributed by atoms with Crippen molar-refractivity contribution in [1.29, 1.82) is 0 Å². The van der Waals surface area contributed by atoms with E-state index in [4.69, 9.17) is 11.6 Å². The van der Waals surface area contributed by atoms with Gasteiger partial charge in [-0.15, -0.1) is 0 Å². The lowest BCUT2D eigenvalue weighted by molar-refractivity contribution is -0.146. The maximum absolute atomic E-state index is 12.7. The van der Waals surface area contributed by atoms with E-state index in [1.54, 1.807) is 0 Å². The third-order valence-corrected chi connectivity index (χ3v) is 4.77. The van der Waals surface area contributed by atoms with Crippen LogP contribution < -0.4 is 5.32 Å². The van der Waals surface area contributed by atoms with E-state index < -0.39 is 17.8 Å². The molecule has 0 fully saturated rings. The van der Waals surface area contributed by atoms with Crippen LogP contribution in [0.15, 0.2) is 24.3 Å².